The van der Waals surface area contributed by atoms with Crippen LogP contribution in [0.1, 0.15) is 16.7 Å². The first kappa shape index (κ1) is 15.3. The minimum atomic E-state index is -0.366. The Balaban J connectivity index is 2.24. The zero-order valence-electron chi connectivity index (χ0n) is 13.3. The molecule has 0 unspecified atom stereocenters. The lowest BCUT2D eigenvalue weighted by Gasteiger charge is -2.34. The molecule has 0 spiro atoms. The summed E-state index contributed by atoms with van der Waals surface area (Å²) in [7, 11) is 1.68. The second-order valence-corrected chi connectivity index (χ2v) is 5.57. The highest BCUT2D eigenvalue weighted by molar-refractivity contribution is 5.51. The van der Waals surface area contributed by atoms with E-state index < -0.39 is 0 Å². The van der Waals surface area contributed by atoms with Gasteiger partial charge in [0.15, 0.2) is 0 Å². The third kappa shape index (κ3) is 2.73. The van der Waals surface area contributed by atoms with Crippen molar-refractivity contribution in [3.8, 4) is 5.75 Å². The van der Waals surface area contributed by atoms with Gasteiger partial charge in [0.2, 0.25) is 0 Å². The Morgan fingerprint density at radius 3 is 1.52 bits per heavy atom. The number of hydrogen-bond acceptors (Lipinski definition) is 2. The minimum absolute atomic E-state index is 0.366. The number of benzene rings is 3. The molecule has 23 heavy (non-hydrogen) atoms. The molecule has 0 aromatic heterocycles. The second kappa shape index (κ2) is 6.67. The normalized spacial score (nSPS) is 11.2. The van der Waals surface area contributed by atoms with E-state index in [0.717, 1.165) is 5.75 Å². The van der Waals surface area contributed by atoms with E-state index >= 15 is 0 Å². The molecule has 0 saturated carbocycles. The monoisotopic (exact) mass is 303 g/mol. The molecular weight excluding hydrogens is 282 g/mol. The third-order valence-electron chi connectivity index (χ3n) is 4.42. The first-order valence-corrected chi connectivity index (χ1v) is 7.77. The first-order chi connectivity index (χ1) is 11.3. The Morgan fingerprint density at radius 1 is 0.696 bits per heavy atom. The zero-order valence-corrected chi connectivity index (χ0v) is 13.3. The highest BCUT2D eigenvalue weighted by Crippen LogP contribution is 2.38. The van der Waals surface area contributed by atoms with Gasteiger partial charge in [-0.15, -0.1) is 0 Å². The summed E-state index contributed by atoms with van der Waals surface area (Å²) in [5.41, 5.74) is 9.53. The van der Waals surface area contributed by atoms with E-state index in [9.17, 15) is 0 Å². The van der Waals surface area contributed by atoms with E-state index in [1.807, 2.05) is 24.3 Å². The Labute approximate surface area is 137 Å². The Morgan fingerprint density at radius 2 is 1.13 bits per heavy atom. The van der Waals surface area contributed by atoms with Crippen LogP contribution >= 0.6 is 0 Å². The van der Waals surface area contributed by atoms with Gasteiger partial charge >= 0.3 is 0 Å². The molecule has 116 valence electrons. The maximum absolute atomic E-state index is 6.34. The largest absolute Gasteiger partial charge is 0.497 e. The molecule has 2 nitrogen and oxygen atoms in total. The van der Waals surface area contributed by atoms with Gasteiger partial charge < -0.3 is 10.5 Å². The van der Waals surface area contributed by atoms with Crippen molar-refractivity contribution in [1.82, 2.24) is 0 Å². The standard InChI is InChI=1S/C21H21NO/c1-23-20-14-12-19(13-15-20)21(16-22,17-8-4-2-5-9-17)18-10-6-3-7-11-18/h2-15H,16,22H2,1H3. The molecule has 3 rings (SSSR count). The van der Waals surface area contributed by atoms with Crippen molar-refractivity contribution in [1.29, 1.82) is 0 Å². The summed E-state index contributed by atoms with van der Waals surface area (Å²) in [4.78, 5) is 0. The minimum Gasteiger partial charge on any atom is -0.497 e. The zero-order chi connectivity index (χ0) is 16.1. The molecule has 0 aliphatic heterocycles. The van der Waals surface area contributed by atoms with E-state index in [4.69, 9.17) is 10.5 Å². The lowest BCUT2D eigenvalue weighted by atomic mass is 9.69. The molecule has 3 aromatic rings. The summed E-state index contributed by atoms with van der Waals surface area (Å²) in [6.45, 7) is 0.493. The first-order valence-electron chi connectivity index (χ1n) is 7.77. The molecule has 0 amide bonds. The number of nitrogens with two attached hydrogens (primary N) is 1. The maximum atomic E-state index is 6.34. The summed E-state index contributed by atoms with van der Waals surface area (Å²) < 4.78 is 5.30. The molecule has 2 heteroatoms. The number of rotatable bonds is 5. The number of ether oxygens (including phenoxy) is 1. The van der Waals surface area contributed by atoms with Crippen molar-refractivity contribution in [2.75, 3.05) is 13.7 Å². The van der Waals surface area contributed by atoms with Gasteiger partial charge in [-0.25, -0.2) is 0 Å². The molecule has 0 bridgehead atoms. The molecule has 3 aromatic carbocycles. The van der Waals surface area contributed by atoms with E-state index in [1.165, 1.54) is 16.7 Å². The Kier molecular flexibility index (Phi) is 4.45. The predicted molar refractivity (Wildman–Crippen MR) is 94.8 cm³/mol. The fraction of sp³-hybridized carbons (Fsp3) is 0.143. The van der Waals surface area contributed by atoms with Crippen LogP contribution in [0.25, 0.3) is 0 Å². The number of methoxy groups -OCH3 is 1. The van der Waals surface area contributed by atoms with E-state index in [0.29, 0.717) is 6.54 Å². The lowest BCUT2D eigenvalue weighted by Crippen LogP contribution is -2.37. The van der Waals surface area contributed by atoms with Gasteiger partial charge in [0.05, 0.1) is 12.5 Å². The number of hydrogen-bond donors (Lipinski definition) is 1. The van der Waals surface area contributed by atoms with Gasteiger partial charge in [-0.05, 0) is 28.8 Å². The van der Waals surface area contributed by atoms with E-state index in [-0.39, 0.29) is 5.41 Å². The summed E-state index contributed by atoms with van der Waals surface area (Å²) >= 11 is 0. The van der Waals surface area contributed by atoms with Crippen molar-refractivity contribution in [3.63, 3.8) is 0 Å². The molecule has 0 saturated heterocycles. The molecule has 0 fully saturated rings. The quantitative estimate of drug-likeness (QED) is 0.723. The maximum Gasteiger partial charge on any atom is 0.118 e. The third-order valence-corrected chi connectivity index (χ3v) is 4.42. The van der Waals surface area contributed by atoms with Crippen LogP contribution in [-0.4, -0.2) is 13.7 Å². The predicted octanol–water partition coefficient (Wildman–Crippen LogP) is 3.99. The van der Waals surface area contributed by atoms with Crippen LogP contribution in [0.4, 0.5) is 0 Å². The van der Waals surface area contributed by atoms with Crippen molar-refractivity contribution in [2.45, 2.75) is 5.41 Å². The highest BCUT2D eigenvalue weighted by Gasteiger charge is 2.34. The van der Waals surface area contributed by atoms with Crippen LogP contribution in [0.5, 0.6) is 5.75 Å². The highest BCUT2D eigenvalue weighted by atomic mass is 16.5. The van der Waals surface area contributed by atoms with Crippen LogP contribution in [0.2, 0.25) is 0 Å². The van der Waals surface area contributed by atoms with Crippen LogP contribution in [0, 0.1) is 0 Å². The molecular formula is C21H21NO. The van der Waals surface area contributed by atoms with Gasteiger partial charge in [-0.2, -0.15) is 0 Å². The van der Waals surface area contributed by atoms with Crippen molar-refractivity contribution in [2.24, 2.45) is 5.73 Å². The molecule has 0 radical (unpaired) electrons. The van der Waals surface area contributed by atoms with Crippen molar-refractivity contribution in [3.05, 3.63) is 102 Å². The fourth-order valence-electron chi connectivity index (χ4n) is 3.17. The Hall–Kier alpha value is -2.58. The van der Waals surface area contributed by atoms with Gasteiger partial charge in [-0.1, -0.05) is 72.8 Å². The Bertz CT molecular complexity index is 696. The van der Waals surface area contributed by atoms with Crippen molar-refractivity contribution >= 4 is 0 Å². The van der Waals surface area contributed by atoms with Gasteiger partial charge in [0.25, 0.3) is 0 Å². The van der Waals surface area contributed by atoms with Crippen LogP contribution in [-0.2, 0) is 5.41 Å². The summed E-state index contributed by atoms with van der Waals surface area (Å²) in [6, 6.07) is 29.1. The lowest BCUT2D eigenvalue weighted by molar-refractivity contribution is 0.414. The smallest absolute Gasteiger partial charge is 0.118 e. The average Bonchev–Trinajstić information content (AvgIpc) is 2.65. The van der Waals surface area contributed by atoms with Gasteiger partial charge in [-0.3, -0.25) is 0 Å². The molecule has 2 N–H and O–H groups in total. The summed E-state index contributed by atoms with van der Waals surface area (Å²) in [5.74, 6) is 0.848. The summed E-state index contributed by atoms with van der Waals surface area (Å²) in [6.07, 6.45) is 0. The topological polar surface area (TPSA) is 35.2 Å². The molecule has 0 aliphatic rings. The summed E-state index contributed by atoms with van der Waals surface area (Å²) in [5, 5.41) is 0. The fourth-order valence-corrected chi connectivity index (χ4v) is 3.17. The van der Waals surface area contributed by atoms with Crippen molar-refractivity contribution < 1.29 is 4.74 Å². The van der Waals surface area contributed by atoms with Gasteiger partial charge in [0.1, 0.15) is 5.75 Å². The average molecular weight is 303 g/mol. The van der Waals surface area contributed by atoms with Crippen LogP contribution in [0.15, 0.2) is 84.9 Å². The van der Waals surface area contributed by atoms with Crippen LogP contribution in [0.3, 0.4) is 0 Å². The molecule has 0 heterocycles. The van der Waals surface area contributed by atoms with Gasteiger partial charge in [0, 0.05) is 6.54 Å². The van der Waals surface area contributed by atoms with E-state index in [2.05, 4.69) is 60.7 Å². The van der Waals surface area contributed by atoms with E-state index in [1.54, 1.807) is 7.11 Å². The second-order valence-electron chi connectivity index (χ2n) is 5.57. The SMILES string of the molecule is COc1ccc(C(CN)(c2ccccc2)c2ccccc2)cc1. The molecule has 0 atom stereocenters. The van der Waals surface area contributed by atoms with Crippen LogP contribution < -0.4 is 10.5 Å². The molecule has 0 aliphatic carbocycles.